The number of nitrogens with zero attached hydrogens (tertiary/aromatic N) is 8. The van der Waals surface area contributed by atoms with Gasteiger partial charge in [0.15, 0.2) is 0 Å². The molecular formula is C23H28N8O2. The van der Waals surface area contributed by atoms with Crippen molar-refractivity contribution in [3.05, 3.63) is 47.9 Å². The van der Waals surface area contributed by atoms with Gasteiger partial charge < -0.3 is 19.4 Å². The fourth-order valence-corrected chi connectivity index (χ4v) is 4.62. The van der Waals surface area contributed by atoms with Gasteiger partial charge in [0.2, 0.25) is 5.95 Å². The molecular weight excluding hydrogens is 420 g/mol. The fourth-order valence-electron chi connectivity index (χ4n) is 4.62. The highest BCUT2D eigenvalue weighted by atomic mass is 16.5. The summed E-state index contributed by atoms with van der Waals surface area (Å²) < 4.78 is 5.36. The van der Waals surface area contributed by atoms with Gasteiger partial charge in [0.05, 0.1) is 31.1 Å². The number of carbonyl (C=O) groups is 1. The van der Waals surface area contributed by atoms with E-state index < -0.39 is 0 Å². The van der Waals surface area contributed by atoms with Gasteiger partial charge in [-0.2, -0.15) is 20.0 Å². The molecule has 3 aromatic rings. The Bertz CT molecular complexity index is 1160. The molecule has 10 heteroatoms. The van der Waals surface area contributed by atoms with Crippen LogP contribution in [-0.2, 0) is 0 Å². The van der Waals surface area contributed by atoms with E-state index in [1.807, 2.05) is 36.9 Å². The molecule has 4 heterocycles. The van der Waals surface area contributed by atoms with E-state index in [0.29, 0.717) is 28.9 Å². The highest BCUT2D eigenvalue weighted by molar-refractivity contribution is 5.98. The average molecular weight is 449 g/mol. The van der Waals surface area contributed by atoms with Gasteiger partial charge in [0.25, 0.3) is 5.91 Å². The molecule has 2 fully saturated rings. The molecule has 33 heavy (non-hydrogen) atoms. The number of rotatable bonds is 5. The number of carbonyl (C=O) groups excluding carboxylic acids is 1. The zero-order valence-electron chi connectivity index (χ0n) is 19.3. The van der Waals surface area contributed by atoms with Crippen LogP contribution in [0.3, 0.4) is 0 Å². The van der Waals surface area contributed by atoms with Crippen molar-refractivity contribution in [3.8, 4) is 11.4 Å². The first-order valence-corrected chi connectivity index (χ1v) is 11.1. The number of amides is 1. The molecule has 2 aliphatic heterocycles. The van der Waals surface area contributed by atoms with Gasteiger partial charge in [-0.05, 0) is 25.5 Å². The van der Waals surface area contributed by atoms with Crippen LogP contribution in [0.15, 0.2) is 36.7 Å². The topological polar surface area (TPSA) is 92.5 Å². The quantitative estimate of drug-likeness (QED) is 0.583. The number of fused-ring (bicyclic) bond motifs is 1. The van der Waals surface area contributed by atoms with Crippen molar-refractivity contribution in [2.75, 3.05) is 50.6 Å². The van der Waals surface area contributed by atoms with Crippen LogP contribution >= 0.6 is 0 Å². The Morgan fingerprint density at radius 2 is 1.91 bits per heavy atom. The summed E-state index contributed by atoms with van der Waals surface area (Å²) >= 11 is 0. The molecule has 2 aromatic heterocycles. The van der Waals surface area contributed by atoms with Crippen LogP contribution < -0.4 is 14.5 Å². The van der Waals surface area contributed by atoms with E-state index >= 15 is 0 Å². The van der Waals surface area contributed by atoms with E-state index in [1.54, 1.807) is 37.7 Å². The minimum absolute atomic E-state index is 0.0131. The first kappa shape index (κ1) is 21.2. The molecule has 2 saturated heterocycles. The lowest BCUT2D eigenvalue weighted by atomic mass is 9.81. The SMILES string of the molecule is COc1ccc(C(=O)N2C[C@H]3CCN(c4cc(C)nc(N(C)C)n4)C[C@H]32)c(-n2nccn2)c1. The minimum atomic E-state index is -0.0131. The monoisotopic (exact) mass is 448 g/mol. The summed E-state index contributed by atoms with van der Waals surface area (Å²) in [6.45, 7) is 4.43. The molecule has 2 atom stereocenters. The molecule has 0 unspecified atom stereocenters. The number of aryl methyl sites for hydroxylation is 1. The maximum absolute atomic E-state index is 13.6. The average Bonchev–Trinajstić information content (AvgIpc) is 3.33. The van der Waals surface area contributed by atoms with Crippen LogP contribution in [0.1, 0.15) is 22.5 Å². The van der Waals surface area contributed by atoms with Crippen molar-refractivity contribution in [3.63, 3.8) is 0 Å². The number of likely N-dealkylation sites (tertiary alicyclic amines) is 1. The van der Waals surface area contributed by atoms with Crippen LogP contribution in [0, 0.1) is 12.8 Å². The molecule has 0 spiro atoms. The number of hydrogen-bond donors (Lipinski definition) is 0. The molecule has 2 aliphatic rings. The van der Waals surface area contributed by atoms with Crippen molar-refractivity contribution in [2.24, 2.45) is 5.92 Å². The molecule has 1 amide bonds. The van der Waals surface area contributed by atoms with Crippen molar-refractivity contribution in [1.82, 2.24) is 29.9 Å². The van der Waals surface area contributed by atoms with Crippen LogP contribution in [0.2, 0.25) is 0 Å². The molecule has 1 aromatic carbocycles. The summed E-state index contributed by atoms with van der Waals surface area (Å²) in [6.07, 6.45) is 4.22. The van der Waals surface area contributed by atoms with E-state index in [2.05, 4.69) is 20.1 Å². The summed E-state index contributed by atoms with van der Waals surface area (Å²) in [5, 5.41) is 8.45. The molecule has 5 rings (SSSR count). The fraction of sp³-hybridized carbons (Fsp3) is 0.435. The van der Waals surface area contributed by atoms with E-state index in [1.165, 1.54) is 4.80 Å². The van der Waals surface area contributed by atoms with Gasteiger partial charge in [0, 0.05) is 57.5 Å². The maximum Gasteiger partial charge on any atom is 0.256 e. The van der Waals surface area contributed by atoms with Gasteiger partial charge in [0.1, 0.15) is 17.3 Å². The number of anilines is 2. The lowest BCUT2D eigenvalue weighted by Gasteiger charge is -2.53. The number of ether oxygens (including phenoxy) is 1. The molecule has 172 valence electrons. The summed E-state index contributed by atoms with van der Waals surface area (Å²) in [5.74, 6) is 2.75. The van der Waals surface area contributed by atoms with Crippen LogP contribution in [-0.4, -0.2) is 82.7 Å². The van der Waals surface area contributed by atoms with Crippen molar-refractivity contribution in [1.29, 1.82) is 0 Å². The van der Waals surface area contributed by atoms with Gasteiger partial charge in [-0.1, -0.05) is 0 Å². The molecule has 10 nitrogen and oxygen atoms in total. The van der Waals surface area contributed by atoms with E-state index in [0.717, 1.165) is 37.6 Å². The van der Waals surface area contributed by atoms with Gasteiger partial charge in [-0.15, -0.1) is 0 Å². The molecule has 0 bridgehead atoms. The largest absolute Gasteiger partial charge is 0.497 e. The Balaban J connectivity index is 1.39. The third kappa shape index (κ3) is 3.85. The smallest absolute Gasteiger partial charge is 0.256 e. The number of piperidine rings is 1. The Kier molecular flexibility index (Phi) is 5.35. The second kappa shape index (κ2) is 8.34. The predicted molar refractivity (Wildman–Crippen MR) is 124 cm³/mol. The van der Waals surface area contributed by atoms with Crippen LogP contribution in [0.25, 0.3) is 5.69 Å². The third-order valence-corrected chi connectivity index (χ3v) is 6.44. The Morgan fingerprint density at radius 1 is 1.12 bits per heavy atom. The Labute approximate surface area is 192 Å². The Hall–Kier alpha value is -3.69. The number of benzene rings is 1. The normalized spacial score (nSPS) is 19.6. The van der Waals surface area contributed by atoms with Crippen molar-refractivity contribution in [2.45, 2.75) is 19.4 Å². The van der Waals surface area contributed by atoms with Crippen LogP contribution in [0.5, 0.6) is 5.75 Å². The van der Waals surface area contributed by atoms with Crippen molar-refractivity contribution >= 4 is 17.7 Å². The lowest BCUT2D eigenvalue weighted by molar-refractivity contribution is 0.00777. The lowest BCUT2D eigenvalue weighted by Crippen LogP contribution is -2.66. The van der Waals surface area contributed by atoms with Crippen LogP contribution in [0.4, 0.5) is 11.8 Å². The third-order valence-electron chi connectivity index (χ3n) is 6.44. The first-order chi connectivity index (χ1) is 15.9. The standard InChI is InChI=1S/C23H28N8O2/c1-15-11-21(27-23(26-15)28(2)3)29-10-7-16-13-30(20(16)14-29)22(32)18-6-5-17(33-4)12-19(18)31-24-8-9-25-31/h5-6,8-9,11-12,16,20H,7,10,13-14H2,1-4H3/t16-,20-/m1/s1. The van der Waals surface area contributed by atoms with Gasteiger partial charge >= 0.3 is 0 Å². The minimum Gasteiger partial charge on any atom is -0.497 e. The number of aromatic nitrogens is 5. The van der Waals surface area contributed by atoms with Crippen molar-refractivity contribution < 1.29 is 9.53 Å². The molecule has 0 aliphatic carbocycles. The molecule has 0 saturated carbocycles. The number of methoxy groups -OCH3 is 1. The Morgan fingerprint density at radius 3 is 2.64 bits per heavy atom. The van der Waals surface area contributed by atoms with E-state index in [9.17, 15) is 4.79 Å². The molecule has 0 N–H and O–H groups in total. The predicted octanol–water partition coefficient (Wildman–Crippen LogP) is 1.79. The van der Waals surface area contributed by atoms with E-state index in [4.69, 9.17) is 9.72 Å². The zero-order chi connectivity index (χ0) is 23.1. The zero-order valence-corrected chi connectivity index (χ0v) is 19.3. The first-order valence-electron chi connectivity index (χ1n) is 11.1. The maximum atomic E-state index is 13.6. The summed E-state index contributed by atoms with van der Waals surface area (Å²) in [5.41, 5.74) is 2.11. The summed E-state index contributed by atoms with van der Waals surface area (Å²) in [7, 11) is 5.49. The highest BCUT2D eigenvalue weighted by Gasteiger charge is 2.46. The highest BCUT2D eigenvalue weighted by Crippen LogP contribution is 2.36. The second-order valence-electron chi connectivity index (χ2n) is 8.78. The second-order valence-corrected chi connectivity index (χ2v) is 8.78. The molecule has 0 radical (unpaired) electrons. The van der Waals surface area contributed by atoms with Gasteiger partial charge in [-0.3, -0.25) is 4.79 Å². The summed E-state index contributed by atoms with van der Waals surface area (Å²) in [4.78, 5) is 30.5. The summed E-state index contributed by atoms with van der Waals surface area (Å²) in [6, 6.07) is 7.56. The van der Waals surface area contributed by atoms with Gasteiger partial charge in [-0.25, -0.2) is 4.98 Å². The van der Waals surface area contributed by atoms with E-state index in [-0.39, 0.29) is 11.9 Å². The number of hydrogen-bond acceptors (Lipinski definition) is 8.